The van der Waals surface area contributed by atoms with Crippen LogP contribution in [0.1, 0.15) is 38.7 Å². The number of hydrogen-bond acceptors (Lipinski definition) is 5. The number of rotatable bonds is 8. The number of unbranched alkanes of at least 4 members (excludes halogenated alkanes) is 2. The number of amides is 1. The maximum atomic E-state index is 11.7. The van der Waals surface area contributed by atoms with Crippen molar-refractivity contribution in [3.8, 4) is 11.5 Å². The first kappa shape index (κ1) is 17.8. The maximum absolute atomic E-state index is 11.7. The summed E-state index contributed by atoms with van der Waals surface area (Å²) in [4.78, 5) is 12.3. The molecule has 23 heavy (non-hydrogen) atoms. The zero-order chi connectivity index (χ0) is 16.7. The van der Waals surface area contributed by atoms with Crippen LogP contribution in [0.3, 0.4) is 0 Å². The minimum atomic E-state index is -0.155. The lowest BCUT2D eigenvalue weighted by Gasteiger charge is -2.12. The second-order valence-electron chi connectivity index (χ2n) is 5.05. The Kier molecular flexibility index (Phi) is 6.92. The highest BCUT2D eigenvalue weighted by atomic mass is 32.2. The second kappa shape index (κ2) is 8.93. The molecule has 1 amide bonds. The molecular weight excluding hydrogens is 330 g/mol. The SMILES string of the molecule is CCCCCOc1ccc(/C=C2\SC(=S)NC2=O)cc1OCC. The van der Waals surface area contributed by atoms with E-state index in [0.29, 0.717) is 28.2 Å². The standard InChI is InChI=1S/C17H21NO3S2/c1-3-5-6-9-21-13-8-7-12(10-14(13)20-4-2)11-15-16(19)18-17(22)23-15/h7-8,10-11H,3-6,9H2,1-2H3,(H,18,19,22)/b15-11-. The van der Waals surface area contributed by atoms with Crippen molar-refractivity contribution in [2.45, 2.75) is 33.1 Å². The van der Waals surface area contributed by atoms with Crippen molar-refractivity contribution in [3.05, 3.63) is 28.7 Å². The van der Waals surface area contributed by atoms with Gasteiger partial charge in [0.15, 0.2) is 11.5 Å². The first-order valence-corrected chi connectivity index (χ1v) is 9.01. The molecule has 1 aromatic carbocycles. The van der Waals surface area contributed by atoms with Gasteiger partial charge in [0, 0.05) is 0 Å². The number of ether oxygens (including phenoxy) is 2. The quantitative estimate of drug-likeness (QED) is 0.433. The molecule has 1 aromatic rings. The van der Waals surface area contributed by atoms with Crippen LogP contribution >= 0.6 is 24.0 Å². The summed E-state index contributed by atoms with van der Waals surface area (Å²) in [6.45, 7) is 5.34. The van der Waals surface area contributed by atoms with Crippen LogP contribution in [0.4, 0.5) is 0 Å². The molecule has 6 heteroatoms. The molecule has 0 spiro atoms. The average molecular weight is 351 g/mol. The fourth-order valence-corrected chi connectivity index (χ4v) is 3.15. The number of thiocarbonyl (C=S) groups is 1. The molecule has 0 aromatic heterocycles. The molecule has 0 unspecified atom stereocenters. The number of hydrogen-bond donors (Lipinski definition) is 1. The largest absolute Gasteiger partial charge is 0.490 e. The van der Waals surface area contributed by atoms with Crippen molar-refractivity contribution >= 4 is 40.3 Å². The van der Waals surface area contributed by atoms with Crippen molar-refractivity contribution in [2.75, 3.05) is 13.2 Å². The number of carbonyl (C=O) groups excluding carboxylic acids is 1. The summed E-state index contributed by atoms with van der Waals surface area (Å²) in [5, 5.41) is 2.61. The summed E-state index contributed by atoms with van der Waals surface area (Å²) >= 11 is 6.26. The lowest BCUT2D eigenvalue weighted by Crippen LogP contribution is -2.17. The van der Waals surface area contributed by atoms with Crippen LogP contribution in [0.15, 0.2) is 23.1 Å². The Morgan fingerprint density at radius 2 is 2.04 bits per heavy atom. The summed E-state index contributed by atoms with van der Waals surface area (Å²) in [5.41, 5.74) is 0.886. The van der Waals surface area contributed by atoms with Gasteiger partial charge in [-0.3, -0.25) is 4.79 Å². The zero-order valence-corrected chi connectivity index (χ0v) is 15.0. The van der Waals surface area contributed by atoms with E-state index < -0.39 is 0 Å². The third kappa shape index (κ3) is 5.25. The predicted molar refractivity (Wildman–Crippen MR) is 98.9 cm³/mol. The lowest BCUT2D eigenvalue weighted by atomic mass is 10.2. The Balaban J connectivity index is 2.13. The van der Waals surface area contributed by atoms with Gasteiger partial charge >= 0.3 is 0 Å². The van der Waals surface area contributed by atoms with E-state index in [2.05, 4.69) is 12.2 Å². The summed E-state index contributed by atoms with van der Waals surface area (Å²) in [7, 11) is 0. The highest BCUT2D eigenvalue weighted by Gasteiger charge is 2.22. The highest BCUT2D eigenvalue weighted by Crippen LogP contribution is 2.32. The Labute approximate surface area is 146 Å². The number of carbonyl (C=O) groups is 1. The fourth-order valence-electron chi connectivity index (χ4n) is 2.11. The van der Waals surface area contributed by atoms with Gasteiger partial charge in [-0.15, -0.1) is 0 Å². The maximum Gasteiger partial charge on any atom is 0.263 e. The molecule has 4 nitrogen and oxygen atoms in total. The lowest BCUT2D eigenvalue weighted by molar-refractivity contribution is -0.115. The van der Waals surface area contributed by atoms with Crippen LogP contribution < -0.4 is 14.8 Å². The molecule has 1 saturated heterocycles. The van der Waals surface area contributed by atoms with E-state index in [1.807, 2.05) is 31.2 Å². The molecule has 1 aliphatic heterocycles. The van der Waals surface area contributed by atoms with E-state index in [9.17, 15) is 4.79 Å². The van der Waals surface area contributed by atoms with E-state index in [1.165, 1.54) is 11.8 Å². The molecule has 1 heterocycles. The van der Waals surface area contributed by atoms with Gasteiger partial charge in [-0.1, -0.05) is 49.8 Å². The number of thioether (sulfide) groups is 1. The van der Waals surface area contributed by atoms with Crippen molar-refractivity contribution in [2.24, 2.45) is 0 Å². The van der Waals surface area contributed by atoms with Crippen molar-refractivity contribution in [1.29, 1.82) is 0 Å². The van der Waals surface area contributed by atoms with Gasteiger partial charge in [0.2, 0.25) is 0 Å². The monoisotopic (exact) mass is 351 g/mol. The smallest absolute Gasteiger partial charge is 0.263 e. The molecular formula is C17H21NO3S2. The van der Waals surface area contributed by atoms with Crippen LogP contribution in [0.2, 0.25) is 0 Å². The molecule has 1 fully saturated rings. The van der Waals surface area contributed by atoms with Gasteiger partial charge in [-0.25, -0.2) is 0 Å². The molecule has 0 radical (unpaired) electrons. The molecule has 2 rings (SSSR count). The van der Waals surface area contributed by atoms with E-state index >= 15 is 0 Å². The zero-order valence-electron chi connectivity index (χ0n) is 13.4. The van der Waals surface area contributed by atoms with Crippen LogP contribution in [0.5, 0.6) is 11.5 Å². The number of benzene rings is 1. The molecule has 0 atom stereocenters. The van der Waals surface area contributed by atoms with Gasteiger partial charge in [0.05, 0.1) is 18.1 Å². The first-order chi connectivity index (χ1) is 11.1. The van der Waals surface area contributed by atoms with Crippen molar-refractivity contribution in [1.82, 2.24) is 5.32 Å². The second-order valence-corrected chi connectivity index (χ2v) is 6.77. The normalized spacial score (nSPS) is 15.8. The minimum Gasteiger partial charge on any atom is -0.490 e. The van der Waals surface area contributed by atoms with Crippen LogP contribution in [0, 0.1) is 0 Å². The molecule has 124 valence electrons. The predicted octanol–water partition coefficient (Wildman–Crippen LogP) is 4.14. The van der Waals surface area contributed by atoms with Gasteiger partial charge in [-0.05, 0) is 37.1 Å². The van der Waals surface area contributed by atoms with Crippen LogP contribution in [-0.2, 0) is 4.79 Å². The molecule has 0 bridgehead atoms. The van der Waals surface area contributed by atoms with Gasteiger partial charge < -0.3 is 14.8 Å². The Morgan fingerprint density at radius 1 is 1.22 bits per heavy atom. The van der Waals surface area contributed by atoms with E-state index in [4.69, 9.17) is 21.7 Å². The molecule has 1 aliphatic rings. The van der Waals surface area contributed by atoms with Gasteiger partial charge in [0.25, 0.3) is 5.91 Å². The minimum absolute atomic E-state index is 0.155. The van der Waals surface area contributed by atoms with Crippen LogP contribution in [0.25, 0.3) is 6.08 Å². The molecule has 1 N–H and O–H groups in total. The molecule has 0 saturated carbocycles. The van der Waals surface area contributed by atoms with Crippen LogP contribution in [-0.4, -0.2) is 23.4 Å². The van der Waals surface area contributed by atoms with Crippen molar-refractivity contribution in [3.63, 3.8) is 0 Å². The van der Waals surface area contributed by atoms with Gasteiger partial charge in [-0.2, -0.15) is 0 Å². The Bertz CT molecular complexity index is 614. The van der Waals surface area contributed by atoms with E-state index in [-0.39, 0.29) is 5.91 Å². The van der Waals surface area contributed by atoms with E-state index in [1.54, 1.807) is 0 Å². The van der Waals surface area contributed by atoms with E-state index in [0.717, 1.165) is 30.6 Å². The summed E-state index contributed by atoms with van der Waals surface area (Å²) in [6.07, 6.45) is 5.15. The first-order valence-electron chi connectivity index (χ1n) is 7.78. The summed E-state index contributed by atoms with van der Waals surface area (Å²) in [5.74, 6) is 1.28. The Morgan fingerprint density at radius 3 is 2.70 bits per heavy atom. The summed E-state index contributed by atoms with van der Waals surface area (Å²) in [6, 6.07) is 5.69. The topological polar surface area (TPSA) is 47.6 Å². The fraction of sp³-hybridized carbons (Fsp3) is 0.412. The summed E-state index contributed by atoms with van der Waals surface area (Å²) < 4.78 is 12.0. The third-order valence-electron chi connectivity index (χ3n) is 3.21. The van der Waals surface area contributed by atoms with Crippen molar-refractivity contribution < 1.29 is 14.3 Å². The average Bonchev–Trinajstić information content (AvgIpc) is 2.83. The number of nitrogens with one attached hydrogen (secondary N) is 1. The Hall–Kier alpha value is -1.53. The van der Waals surface area contributed by atoms with Gasteiger partial charge in [0.1, 0.15) is 4.32 Å². The highest BCUT2D eigenvalue weighted by molar-refractivity contribution is 8.26. The third-order valence-corrected chi connectivity index (χ3v) is 4.38. The molecule has 0 aliphatic carbocycles.